The number of ether oxygens (including phenoxy) is 1. The van der Waals surface area contributed by atoms with Gasteiger partial charge in [-0.2, -0.15) is 4.57 Å². The average molecular weight is 307 g/mol. The lowest BCUT2D eigenvalue weighted by molar-refractivity contribution is -0.675. The first kappa shape index (κ1) is 12.0. The summed E-state index contributed by atoms with van der Waals surface area (Å²) >= 11 is 3.59. The van der Waals surface area contributed by atoms with Crippen molar-refractivity contribution in [2.24, 2.45) is 0 Å². The van der Waals surface area contributed by atoms with Crippen LogP contribution in [0.2, 0.25) is 0 Å². The van der Waals surface area contributed by atoms with E-state index in [9.17, 15) is 0 Å². The Hall–Kier alpha value is -1.09. The van der Waals surface area contributed by atoms with Crippen LogP contribution in [0.3, 0.4) is 0 Å². The fourth-order valence-electron chi connectivity index (χ4n) is 2.87. The average Bonchev–Trinajstić information content (AvgIpc) is 2.71. The largest absolute Gasteiger partial charge is 0.437 e. The third-order valence-electron chi connectivity index (χ3n) is 3.65. The molecule has 1 atom stereocenters. The van der Waals surface area contributed by atoms with Crippen LogP contribution in [0, 0.1) is 20.8 Å². The van der Waals surface area contributed by atoms with Gasteiger partial charge in [0, 0.05) is 5.56 Å². The third kappa shape index (κ3) is 1.64. The molecule has 1 aromatic heterocycles. The molecule has 1 aromatic carbocycles. The Kier molecular flexibility index (Phi) is 2.81. The first-order valence-corrected chi connectivity index (χ1v) is 7.39. The summed E-state index contributed by atoms with van der Waals surface area (Å²) < 4.78 is 8.15. The van der Waals surface area contributed by atoms with Crippen LogP contribution in [-0.4, -0.2) is 11.9 Å². The van der Waals surface area contributed by atoms with Gasteiger partial charge >= 0.3 is 5.88 Å². The van der Waals surface area contributed by atoms with Crippen molar-refractivity contribution in [1.82, 2.24) is 0 Å². The van der Waals surface area contributed by atoms with Gasteiger partial charge in [-0.1, -0.05) is 15.9 Å². The lowest BCUT2D eigenvalue weighted by Crippen LogP contribution is -2.38. The fourth-order valence-corrected chi connectivity index (χ4v) is 3.34. The molecule has 0 saturated carbocycles. The van der Waals surface area contributed by atoms with Crippen molar-refractivity contribution in [2.45, 2.75) is 26.8 Å². The topological polar surface area (TPSA) is 13.1 Å². The highest BCUT2D eigenvalue weighted by atomic mass is 79.9. The van der Waals surface area contributed by atoms with Crippen molar-refractivity contribution in [1.29, 1.82) is 0 Å². The number of aryl methyl sites for hydroxylation is 3. The van der Waals surface area contributed by atoms with E-state index < -0.39 is 0 Å². The van der Waals surface area contributed by atoms with E-state index in [4.69, 9.17) is 4.74 Å². The summed E-state index contributed by atoms with van der Waals surface area (Å²) in [6, 6.07) is 7.07. The molecular weight excluding hydrogens is 290 g/mol. The summed E-state index contributed by atoms with van der Waals surface area (Å²) in [5.74, 6) is 0.997. The van der Waals surface area contributed by atoms with Crippen molar-refractivity contribution in [3.8, 4) is 5.88 Å². The number of halogens is 1. The molecule has 2 nitrogen and oxygen atoms in total. The second-order valence-corrected chi connectivity index (χ2v) is 5.78. The Morgan fingerprint density at radius 2 is 2.00 bits per heavy atom. The Morgan fingerprint density at radius 3 is 2.72 bits per heavy atom. The normalized spacial score (nSPS) is 17.9. The molecule has 0 aliphatic carbocycles. The van der Waals surface area contributed by atoms with E-state index in [2.05, 4.69) is 59.5 Å². The molecule has 2 aromatic rings. The molecule has 3 rings (SSSR count). The molecule has 18 heavy (non-hydrogen) atoms. The van der Waals surface area contributed by atoms with Crippen LogP contribution >= 0.6 is 15.9 Å². The molecule has 1 unspecified atom stereocenters. The highest BCUT2D eigenvalue weighted by Gasteiger charge is 2.35. The minimum Gasteiger partial charge on any atom is -0.437 e. The lowest BCUT2D eigenvalue weighted by Gasteiger charge is -2.08. The molecule has 1 aliphatic heterocycles. The number of fused-ring (bicyclic) bond motifs is 3. The summed E-state index contributed by atoms with van der Waals surface area (Å²) in [7, 11) is 0. The van der Waals surface area contributed by atoms with Crippen LogP contribution in [0.5, 0.6) is 5.88 Å². The number of rotatable bonds is 1. The molecule has 1 aliphatic rings. The van der Waals surface area contributed by atoms with Gasteiger partial charge in [0.2, 0.25) is 11.6 Å². The maximum Gasteiger partial charge on any atom is 0.369 e. The van der Waals surface area contributed by atoms with Crippen LogP contribution in [0.1, 0.15) is 22.7 Å². The Bertz CT molecular complexity index is 636. The molecule has 0 saturated heterocycles. The fraction of sp³-hybridized carbons (Fsp3) is 0.400. The van der Waals surface area contributed by atoms with E-state index in [1.165, 1.54) is 27.6 Å². The quantitative estimate of drug-likeness (QED) is 0.581. The zero-order chi connectivity index (χ0) is 12.9. The van der Waals surface area contributed by atoms with Crippen molar-refractivity contribution >= 4 is 26.8 Å². The highest BCUT2D eigenvalue weighted by molar-refractivity contribution is 9.09. The summed E-state index contributed by atoms with van der Waals surface area (Å²) in [4.78, 5) is 0. The molecule has 94 valence electrons. The maximum absolute atomic E-state index is 5.81. The number of aromatic nitrogens is 1. The van der Waals surface area contributed by atoms with Gasteiger partial charge in [0.25, 0.3) is 0 Å². The molecule has 0 fully saturated rings. The van der Waals surface area contributed by atoms with E-state index in [0.29, 0.717) is 6.04 Å². The van der Waals surface area contributed by atoms with Crippen molar-refractivity contribution in [3.05, 3.63) is 34.9 Å². The molecule has 0 spiro atoms. The van der Waals surface area contributed by atoms with Gasteiger partial charge in [0.1, 0.15) is 0 Å². The highest BCUT2D eigenvalue weighted by Crippen LogP contribution is 2.29. The zero-order valence-corrected chi connectivity index (χ0v) is 12.5. The number of benzene rings is 1. The molecular formula is C15H17BrNO+. The van der Waals surface area contributed by atoms with Gasteiger partial charge in [-0.15, -0.1) is 0 Å². The van der Waals surface area contributed by atoms with Crippen LogP contribution in [0.25, 0.3) is 10.9 Å². The van der Waals surface area contributed by atoms with Gasteiger partial charge in [0.15, 0.2) is 6.61 Å². The van der Waals surface area contributed by atoms with Gasteiger partial charge in [-0.25, -0.2) is 0 Å². The molecule has 0 bridgehead atoms. The van der Waals surface area contributed by atoms with Crippen LogP contribution in [0.4, 0.5) is 0 Å². The molecule has 2 heterocycles. The van der Waals surface area contributed by atoms with Gasteiger partial charge in [-0.05, 0) is 44.0 Å². The number of hydrogen-bond donors (Lipinski definition) is 0. The Labute approximate surface area is 116 Å². The summed E-state index contributed by atoms with van der Waals surface area (Å²) in [5.41, 5.74) is 5.25. The predicted molar refractivity (Wildman–Crippen MR) is 76.7 cm³/mol. The van der Waals surface area contributed by atoms with E-state index in [1.54, 1.807) is 0 Å². The Balaban J connectivity index is 2.43. The minimum absolute atomic E-state index is 0.393. The predicted octanol–water partition coefficient (Wildman–Crippen LogP) is 3.38. The minimum atomic E-state index is 0.393. The van der Waals surface area contributed by atoms with Crippen molar-refractivity contribution < 1.29 is 9.30 Å². The van der Waals surface area contributed by atoms with Crippen LogP contribution < -0.4 is 9.30 Å². The van der Waals surface area contributed by atoms with Crippen molar-refractivity contribution in [3.63, 3.8) is 0 Å². The standard InChI is InChI=1S/C15H17BrNO/c1-9-4-11(3)15-13(5-9)10(2)6-14-17(15)12(7-16)8-18-14/h4-6,12H,7-8H2,1-3H3/q+1. The lowest BCUT2D eigenvalue weighted by atomic mass is 10.0. The third-order valence-corrected chi connectivity index (χ3v) is 4.40. The van der Waals surface area contributed by atoms with E-state index in [-0.39, 0.29) is 0 Å². The van der Waals surface area contributed by atoms with Gasteiger partial charge < -0.3 is 4.74 Å². The number of pyridine rings is 1. The monoisotopic (exact) mass is 306 g/mol. The van der Waals surface area contributed by atoms with Gasteiger partial charge in [0.05, 0.1) is 16.8 Å². The van der Waals surface area contributed by atoms with E-state index >= 15 is 0 Å². The summed E-state index contributed by atoms with van der Waals surface area (Å²) in [6.07, 6.45) is 0. The first-order valence-electron chi connectivity index (χ1n) is 6.26. The number of nitrogens with zero attached hydrogens (tertiary/aromatic N) is 1. The van der Waals surface area contributed by atoms with Crippen molar-refractivity contribution in [2.75, 3.05) is 11.9 Å². The second kappa shape index (κ2) is 4.23. The molecule has 3 heteroatoms. The van der Waals surface area contributed by atoms with Crippen LogP contribution in [0.15, 0.2) is 18.2 Å². The molecule has 0 amide bonds. The number of hydrogen-bond acceptors (Lipinski definition) is 1. The summed E-state index contributed by atoms with van der Waals surface area (Å²) in [5, 5.41) is 2.27. The Morgan fingerprint density at radius 1 is 1.22 bits per heavy atom. The van der Waals surface area contributed by atoms with Gasteiger partial charge in [-0.3, -0.25) is 0 Å². The maximum atomic E-state index is 5.81. The SMILES string of the molecule is Cc1cc(C)c2c(c1)c(C)cc1[n+]2C(CBr)CO1. The van der Waals surface area contributed by atoms with E-state index in [0.717, 1.165) is 17.8 Å². The number of alkyl halides is 1. The smallest absolute Gasteiger partial charge is 0.369 e. The zero-order valence-electron chi connectivity index (χ0n) is 11.0. The second-order valence-electron chi connectivity index (χ2n) is 5.13. The molecule has 0 N–H and O–H groups in total. The molecule has 0 radical (unpaired) electrons. The van der Waals surface area contributed by atoms with E-state index in [1.807, 2.05) is 0 Å². The van der Waals surface area contributed by atoms with Crippen LogP contribution in [-0.2, 0) is 0 Å². The summed E-state index contributed by atoms with van der Waals surface area (Å²) in [6.45, 7) is 7.26. The first-order chi connectivity index (χ1) is 8.61.